The third-order valence-corrected chi connectivity index (χ3v) is 5.77. The molecule has 0 aliphatic rings. The zero-order valence-corrected chi connectivity index (χ0v) is 19.9. The Hall–Kier alpha value is -4.25. The van der Waals surface area contributed by atoms with Crippen LogP contribution in [0.25, 0.3) is 22.2 Å². The molecule has 174 valence electrons. The number of nitrogens with zero attached hydrogens (tertiary/aromatic N) is 5. The van der Waals surface area contributed by atoms with E-state index in [-0.39, 0.29) is 5.56 Å². The molecule has 2 aromatic carbocycles. The molecule has 8 heteroatoms. The predicted molar refractivity (Wildman–Crippen MR) is 136 cm³/mol. The van der Waals surface area contributed by atoms with Gasteiger partial charge < -0.3 is 14.2 Å². The number of benzene rings is 2. The van der Waals surface area contributed by atoms with Crippen molar-refractivity contribution in [2.75, 3.05) is 0 Å². The summed E-state index contributed by atoms with van der Waals surface area (Å²) in [5.41, 5.74) is 3.99. The molecule has 0 amide bonds. The topological polar surface area (TPSA) is 96.7 Å². The van der Waals surface area contributed by atoms with Gasteiger partial charge in [-0.3, -0.25) is 4.79 Å². The van der Waals surface area contributed by atoms with E-state index in [2.05, 4.69) is 16.0 Å². The molecule has 0 radical (unpaired) electrons. The minimum atomic E-state index is -0.938. The number of nitriles is 1. The van der Waals surface area contributed by atoms with E-state index in [0.717, 1.165) is 5.56 Å². The molecule has 0 spiro atoms. The first-order valence-electron chi connectivity index (χ1n) is 10.7. The van der Waals surface area contributed by atoms with Crippen molar-refractivity contribution >= 4 is 22.6 Å². The highest BCUT2D eigenvalue weighted by molar-refractivity contribution is 6.30. The molecule has 3 heterocycles. The molecule has 1 unspecified atom stereocenters. The van der Waals surface area contributed by atoms with Crippen LogP contribution in [0.15, 0.2) is 90.2 Å². The fraction of sp³-hybridized carbons (Fsp3) is 0.111. The quantitative estimate of drug-likeness (QED) is 0.403. The largest absolute Gasteiger partial charge is 0.382 e. The molecule has 7 nitrogen and oxygen atoms in total. The van der Waals surface area contributed by atoms with Crippen LogP contribution in [0.3, 0.4) is 0 Å². The predicted octanol–water partition coefficient (Wildman–Crippen LogP) is 4.63. The first-order valence-corrected chi connectivity index (χ1v) is 11.1. The standard InChI is InChI=1S/C23H16ClN3O2.C4H6N2/c1-27-20-10-9-19(23(29)15-5-7-17(24)8-6-15)26-22(20)18(12-21(27)28)16-4-2-3-14(11-16)13-25;1-6-3-2-5-4-6/h2-12,23,29H,1H3;2-4H,1H3. The van der Waals surface area contributed by atoms with Gasteiger partial charge in [-0.25, -0.2) is 9.97 Å². The molecule has 0 aliphatic heterocycles. The molecule has 35 heavy (non-hydrogen) atoms. The molecule has 0 saturated carbocycles. The number of hydrogen-bond donors (Lipinski definition) is 1. The van der Waals surface area contributed by atoms with Crippen molar-refractivity contribution in [3.8, 4) is 17.2 Å². The number of rotatable bonds is 3. The summed E-state index contributed by atoms with van der Waals surface area (Å²) in [4.78, 5) is 20.9. The Balaban J connectivity index is 0.000000421. The Kier molecular flexibility index (Phi) is 7.06. The Morgan fingerprint density at radius 2 is 1.83 bits per heavy atom. The zero-order valence-electron chi connectivity index (χ0n) is 19.1. The zero-order chi connectivity index (χ0) is 24.9. The molecule has 5 rings (SSSR count). The van der Waals surface area contributed by atoms with Gasteiger partial charge in [-0.05, 0) is 47.5 Å². The molecule has 1 atom stereocenters. The molecule has 1 N–H and O–H groups in total. The van der Waals surface area contributed by atoms with Gasteiger partial charge in [-0.2, -0.15) is 5.26 Å². The monoisotopic (exact) mass is 483 g/mol. The van der Waals surface area contributed by atoms with Gasteiger partial charge in [0.1, 0.15) is 6.10 Å². The number of fused-ring (bicyclic) bond motifs is 1. The summed E-state index contributed by atoms with van der Waals surface area (Å²) in [6.07, 6.45) is 4.45. The van der Waals surface area contributed by atoms with Gasteiger partial charge >= 0.3 is 0 Å². The molecular formula is C27H22ClN5O2. The number of aryl methyl sites for hydroxylation is 2. The highest BCUT2D eigenvalue weighted by Gasteiger charge is 2.16. The van der Waals surface area contributed by atoms with Gasteiger partial charge in [0.15, 0.2) is 0 Å². The maximum Gasteiger partial charge on any atom is 0.251 e. The fourth-order valence-corrected chi connectivity index (χ4v) is 3.74. The van der Waals surface area contributed by atoms with Gasteiger partial charge in [0.05, 0.1) is 34.7 Å². The van der Waals surface area contributed by atoms with Crippen molar-refractivity contribution < 1.29 is 5.11 Å². The highest BCUT2D eigenvalue weighted by Crippen LogP contribution is 2.29. The molecule has 0 fully saturated rings. The van der Waals surface area contributed by atoms with Crippen LogP contribution < -0.4 is 5.56 Å². The third-order valence-electron chi connectivity index (χ3n) is 5.52. The maximum absolute atomic E-state index is 12.5. The second-order valence-corrected chi connectivity index (χ2v) is 8.37. The molecule has 0 saturated heterocycles. The third kappa shape index (κ3) is 5.30. The lowest BCUT2D eigenvalue weighted by atomic mass is 10.0. The first kappa shape index (κ1) is 23.9. The molecule has 5 aromatic rings. The normalized spacial score (nSPS) is 11.4. The Bertz CT molecular complexity index is 1570. The van der Waals surface area contributed by atoms with E-state index in [1.807, 2.05) is 23.9 Å². The SMILES string of the molecule is Cn1c(=O)cc(-c2cccc(C#N)c2)c2nc(C(O)c3ccc(Cl)cc3)ccc21.Cn1ccnc1. The summed E-state index contributed by atoms with van der Waals surface area (Å²) in [6.45, 7) is 0. The number of pyridine rings is 2. The van der Waals surface area contributed by atoms with E-state index in [1.54, 1.807) is 74.2 Å². The number of imidazole rings is 1. The van der Waals surface area contributed by atoms with E-state index in [4.69, 9.17) is 11.6 Å². The van der Waals surface area contributed by atoms with Crippen LogP contribution in [-0.4, -0.2) is 24.2 Å². The lowest BCUT2D eigenvalue weighted by molar-refractivity contribution is 0.216. The average Bonchev–Trinajstić information content (AvgIpc) is 3.37. The fourth-order valence-electron chi connectivity index (χ4n) is 3.61. The minimum Gasteiger partial charge on any atom is -0.382 e. The van der Waals surface area contributed by atoms with Crippen LogP contribution in [0, 0.1) is 11.3 Å². The minimum absolute atomic E-state index is 0.178. The number of hydrogen-bond acceptors (Lipinski definition) is 5. The van der Waals surface area contributed by atoms with Crippen LogP contribution >= 0.6 is 11.6 Å². The van der Waals surface area contributed by atoms with Crippen molar-refractivity contribution in [1.82, 2.24) is 19.1 Å². The number of aromatic nitrogens is 4. The summed E-state index contributed by atoms with van der Waals surface area (Å²) in [5, 5.41) is 20.6. The van der Waals surface area contributed by atoms with Gasteiger partial charge in [-0.15, -0.1) is 0 Å². The van der Waals surface area contributed by atoms with Gasteiger partial charge in [0.25, 0.3) is 5.56 Å². The maximum atomic E-state index is 12.5. The second kappa shape index (κ2) is 10.3. The summed E-state index contributed by atoms with van der Waals surface area (Å²) < 4.78 is 3.40. The molecular weight excluding hydrogens is 462 g/mol. The summed E-state index contributed by atoms with van der Waals surface area (Å²) in [5.74, 6) is 0. The van der Waals surface area contributed by atoms with Crippen molar-refractivity contribution in [2.24, 2.45) is 14.1 Å². The smallest absolute Gasteiger partial charge is 0.251 e. The van der Waals surface area contributed by atoms with Crippen LogP contribution in [0.4, 0.5) is 0 Å². The molecule has 3 aromatic heterocycles. The van der Waals surface area contributed by atoms with Crippen molar-refractivity contribution in [3.63, 3.8) is 0 Å². The van der Waals surface area contributed by atoms with Crippen molar-refractivity contribution in [1.29, 1.82) is 5.26 Å². The summed E-state index contributed by atoms with van der Waals surface area (Å²) in [7, 11) is 3.62. The number of aliphatic hydroxyl groups excluding tert-OH is 1. The van der Waals surface area contributed by atoms with Gasteiger partial charge in [0.2, 0.25) is 0 Å². The Morgan fingerprint density at radius 3 is 2.46 bits per heavy atom. The summed E-state index contributed by atoms with van der Waals surface area (Å²) >= 11 is 5.93. The second-order valence-electron chi connectivity index (χ2n) is 7.93. The Morgan fingerprint density at radius 1 is 1.06 bits per heavy atom. The summed E-state index contributed by atoms with van der Waals surface area (Å²) in [6, 6.07) is 21.0. The number of halogens is 1. The van der Waals surface area contributed by atoms with E-state index in [1.165, 1.54) is 10.6 Å². The molecule has 0 bridgehead atoms. The molecule has 0 aliphatic carbocycles. The average molecular weight is 484 g/mol. The lowest BCUT2D eigenvalue weighted by Gasteiger charge is -2.15. The van der Waals surface area contributed by atoms with Gasteiger partial charge in [0, 0.05) is 43.1 Å². The lowest BCUT2D eigenvalue weighted by Crippen LogP contribution is -2.17. The van der Waals surface area contributed by atoms with Crippen molar-refractivity contribution in [3.05, 3.63) is 118 Å². The first-order chi connectivity index (χ1) is 16.9. The van der Waals surface area contributed by atoms with Crippen molar-refractivity contribution in [2.45, 2.75) is 6.10 Å². The van der Waals surface area contributed by atoms with Crippen LogP contribution in [0.5, 0.6) is 0 Å². The van der Waals surface area contributed by atoms with Crippen LogP contribution in [0.1, 0.15) is 22.9 Å². The van der Waals surface area contributed by atoms with E-state index in [0.29, 0.717) is 38.4 Å². The number of aliphatic hydroxyl groups is 1. The van der Waals surface area contributed by atoms with E-state index in [9.17, 15) is 15.2 Å². The Labute approximate surface area is 207 Å². The van der Waals surface area contributed by atoms with Crippen LogP contribution in [-0.2, 0) is 14.1 Å². The highest BCUT2D eigenvalue weighted by atomic mass is 35.5. The van der Waals surface area contributed by atoms with E-state index >= 15 is 0 Å². The van der Waals surface area contributed by atoms with E-state index < -0.39 is 6.10 Å². The van der Waals surface area contributed by atoms with Gasteiger partial charge in [-0.1, -0.05) is 35.9 Å². The van der Waals surface area contributed by atoms with Crippen LogP contribution in [0.2, 0.25) is 5.02 Å².